The van der Waals surface area contributed by atoms with Crippen LogP contribution in [-0.4, -0.2) is 24.0 Å². The van der Waals surface area contributed by atoms with Crippen LogP contribution in [-0.2, 0) is 4.79 Å². The molecule has 0 saturated carbocycles. The van der Waals surface area contributed by atoms with Crippen LogP contribution in [0.2, 0.25) is 0 Å². The number of para-hydroxylation sites is 2. The molecule has 19 heavy (non-hydrogen) atoms. The van der Waals surface area contributed by atoms with Gasteiger partial charge in [-0.15, -0.1) is 0 Å². The highest BCUT2D eigenvalue weighted by Crippen LogP contribution is 2.37. The Bertz CT molecular complexity index is 466. The molecule has 0 spiro atoms. The van der Waals surface area contributed by atoms with E-state index in [9.17, 15) is 4.79 Å². The van der Waals surface area contributed by atoms with E-state index in [2.05, 4.69) is 24.8 Å². The molecular weight excluding hydrogens is 238 g/mol. The summed E-state index contributed by atoms with van der Waals surface area (Å²) in [5.74, 6) is 1.25. The largest absolute Gasteiger partial charge is 0.489 e. The van der Waals surface area contributed by atoms with Crippen molar-refractivity contribution in [3.8, 4) is 5.75 Å². The zero-order valence-electron chi connectivity index (χ0n) is 12.3. The van der Waals surface area contributed by atoms with E-state index in [0.29, 0.717) is 18.6 Å². The summed E-state index contributed by atoms with van der Waals surface area (Å²) in [6.45, 7) is 9.07. The molecule has 0 radical (unpaired) electrons. The number of ether oxygens (including phenoxy) is 1. The summed E-state index contributed by atoms with van der Waals surface area (Å²) in [5, 5.41) is 0. The molecule has 1 aliphatic heterocycles. The number of anilines is 1. The first-order chi connectivity index (χ1) is 8.90. The summed E-state index contributed by atoms with van der Waals surface area (Å²) in [7, 11) is 0. The molecule has 0 bridgehead atoms. The summed E-state index contributed by atoms with van der Waals surface area (Å²) in [5.41, 5.74) is 0.944. The number of Topliss-reactive ketones (excluding diaryl/α,β-unsaturated/α-hetero) is 1. The van der Waals surface area contributed by atoms with Crippen molar-refractivity contribution >= 4 is 11.5 Å². The van der Waals surface area contributed by atoms with Gasteiger partial charge in [0, 0.05) is 24.9 Å². The van der Waals surface area contributed by atoms with Crippen molar-refractivity contribution < 1.29 is 9.53 Å². The highest BCUT2D eigenvalue weighted by molar-refractivity contribution is 5.83. The molecule has 3 heteroatoms. The second kappa shape index (κ2) is 5.24. The van der Waals surface area contributed by atoms with Gasteiger partial charge in [-0.2, -0.15) is 0 Å². The molecule has 1 aromatic carbocycles. The molecular formula is C16H23NO2. The topological polar surface area (TPSA) is 29.5 Å². The number of hydrogen-bond donors (Lipinski definition) is 0. The minimum Gasteiger partial charge on any atom is -0.489 e. The third kappa shape index (κ3) is 3.09. The Balaban J connectivity index is 2.33. The van der Waals surface area contributed by atoms with Gasteiger partial charge in [-0.3, -0.25) is 4.79 Å². The predicted molar refractivity (Wildman–Crippen MR) is 77.9 cm³/mol. The van der Waals surface area contributed by atoms with E-state index in [1.807, 2.05) is 32.0 Å². The van der Waals surface area contributed by atoms with Crippen LogP contribution in [0.3, 0.4) is 0 Å². The third-order valence-corrected chi connectivity index (χ3v) is 3.49. The molecule has 0 N–H and O–H groups in total. The molecule has 0 amide bonds. The Morgan fingerprint density at radius 3 is 2.58 bits per heavy atom. The van der Waals surface area contributed by atoms with E-state index in [1.165, 1.54) is 0 Å². The van der Waals surface area contributed by atoms with E-state index in [0.717, 1.165) is 18.0 Å². The summed E-state index contributed by atoms with van der Waals surface area (Å²) < 4.78 is 5.89. The Morgan fingerprint density at radius 1 is 1.26 bits per heavy atom. The van der Waals surface area contributed by atoms with Crippen LogP contribution < -0.4 is 9.64 Å². The van der Waals surface area contributed by atoms with Gasteiger partial charge in [0.05, 0.1) is 11.8 Å². The maximum absolute atomic E-state index is 11.7. The number of ketones is 1. The molecule has 3 nitrogen and oxygen atoms in total. The number of rotatable bonds is 3. The van der Waals surface area contributed by atoms with Crippen molar-refractivity contribution in [3.63, 3.8) is 0 Å². The SMILES string of the molecule is CC(C)Oc1ccccc1N1CCC(=O)CC1(C)C. The number of hydrogen-bond acceptors (Lipinski definition) is 3. The van der Waals surface area contributed by atoms with E-state index < -0.39 is 0 Å². The lowest BCUT2D eigenvalue weighted by Gasteiger charge is -2.44. The third-order valence-electron chi connectivity index (χ3n) is 3.49. The van der Waals surface area contributed by atoms with E-state index >= 15 is 0 Å². The molecule has 1 heterocycles. The molecule has 0 unspecified atom stereocenters. The average Bonchev–Trinajstić information content (AvgIpc) is 2.28. The minimum atomic E-state index is -0.147. The predicted octanol–water partition coefficient (Wildman–Crippen LogP) is 3.42. The molecule has 1 fully saturated rings. The fourth-order valence-electron chi connectivity index (χ4n) is 2.69. The van der Waals surface area contributed by atoms with Crippen molar-refractivity contribution in [2.45, 2.75) is 52.2 Å². The first-order valence-corrected chi connectivity index (χ1v) is 6.95. The van der Waals surface area contributed by atoms with Crippen LogP contribution in [0.1, 0.15) is 40.5 Å². The van der Waals surface area contributed by atoms with Gasteiger partial charge in [0.1, 0.15) is 11.5 Å². The van der Waals surface area contributed by atoms with Gasteiger partial charge in [-0.1, -0.05) is 12.1 Å². The maximum atomic E-state index is 11.7. The summed E-state index contributed by atoms with van der Waals surface area (Å²) >= 11 is 0. The number of carbonyl (C=O) groups is 1. The Kier molecular flexibility index (Phi) is 3.83. The van der Waals surface area contributed by atoms with Gasteiger partial charge in [-0.25, -0.2) is 0 Å². The van der Waals surface area contributed by atoms with Crippen LogP contribution in [0.5, 0.6) is 5.75 Å². The maximum Gasteiger partial charge on any atom is 0.142 e. The molecule has 1 aromatic rings. The number of carbonyl (C=O) groups excluding carboxylic acids is 1. The highest BCUT2D eigenvalue weighted by Gasteiger charge is 2.35. The zero-order valence-corrected chi connectivity index (χ0v) is 12.3. The minimum absolute atomic E-state index is 0.147. The Morgan fingerprint density at radius 2 is 1.95 bits per heavy atom. The van der Waals surface area contributed by atoms with Crippen LogP contribution in [0, 0.1) is 0 Å². The van der Waals surface area contributed by atoms with Crippen LogP contribution in [0.25, 0.3) is 0 Å². The van der Waals surface area contributed by atoms with E-state index in [1.54, 1.807) is 0 Å². The smallest absolute Gasteiger partial charge is 0.142 e. The van der Waals surface area contributed by atoms with Crippen molar-refractivity contribution in [2.24, 2.45) is 0 Å². The van der Waals surface area contributed by atoms with Gasteiger partial charge < -0.3 is 9.64 Å². The second-order valence-corrected chi connectivity index (χ2v) is 6.06. The molecule has 0 aromatic heterocycles. The summed E-state index contributed by atoms with van der Waals surface area (Å²) in [6.07, 6.45) is 1.37. The van der Waals surface area contributed by atoms with Gasteiger partial charge >= 0.3 is 0 Å². The molecule has 104 valence electrons. The fourth-order valence-corrected chi connectivity index (χ4v) is 2.69. The number of benzene rings is 1. The van der Waals surface area contributed by atoms with Crippen molar-refractivity contribution in [2.75, 3.05) is 11.4 Å². The molecule has 2 rings (SSSR count). The average molecular weight is 261 g/mol. The molecule has 0 aliphatic carbocycles. The van der Waals surface area contributed by atoms with Crippen molar-refractivity contribution in [1.29, 1.82) is 0 Å². The van der Waals surface area contributed by atoms with Gasteiger partial charge in [-0.05, 0) is 39.8 Å². The first kappa shape index (κ1) is 13.9. The highest BCUT2D eigenvalue weighted by atomic mass is 16.5. The van der Waals surface area contributed by atoms with Gasteiger partial charge in [0.15, 0.2) is 0 Å². The number of piperidine rings is 1. The lowest BCUT2D eigenvalue weighted by Crippen LogP contribution is -2.50. The van der Waals surface area contributed by atoms with Gasteiger partial charge in [0.25, 0.3) is 0 Å². The van der Waals surface area contributed by atoms with Crippen LogP contribution in [0.15, 0.2) is 24.3 Å². The number of nitrogens with zero attached hydrogens (tertiary/aromatic N) is 1. The Hall–Kier alpha value is -1.51. The summed E-state index contributed by atoms with van der Waals surface area (Å²) in [6, 6.07) is 8.09. The second-order valence-electron chi connectivity index (χ2n) is 6.06. The quantitative estimate of drug-likeness (QED) is 0.835. The standard InChI is InChI=1S/C16H23NO2/c1-12(2)19-15-8-6-5-7-14(15)17-10-9-13(18)11-16(17,3)4/h5-8,12H,9-11H2,1-4H3. The van der Waals surface area contributed by atoms with Crippen molar-refractivity contribution in [3.05, 3.63) is 24.3 Å². The van der Waals surface area contributed by atoms with Gasteiger partial charge in [0.2, 0.25) is 0 Å². The van der Waals surface area contributed by atoms with Crippen LogP contribution >= 0.6 is 0 Å². The van der Waals surface area contributed by atoms with Crippen molar-refractivity contribution in [1.82, 2.24) is 0 Å². The molecule has 1 aliphatic rings. The zero-order chi connectivity index (χ0) is 14.0. The normalized spacial score (nSPS) is 18.8. The first-order valence-electron chi connectivity index (χ1n) is 6.95. The summed E-state index contributed by atoms with van der Waals surface area (Å²) in [4.78, 5) is 14.0. The van der Waals surface area contributed by atoms with Crippen LogP contribution in [0.4, 0.5) is 5.69 Å². The lowest BCUT2D eigenvalue weighted by molar-refractivity contribution is -0.121. The van der Waals surface area contributed by atoms with E-state index in [-0.39, 0.29) is 11.6 Å². The van der Waals surface area contributed by atoms with E-state index in [4.69, 9.17) is 4.74 Å². The monoisotopic (exact) mass is 261 g/mol. The molecule has 1 saturated heterocycles. The fraction of sp³-hybridized carbons (Fsp3) is 0.562. The Labute approximate surface area is 115 Å². The molecule has 0 atom stereocenters. The lowest BCUT2D eigenvalue weighted by atomic mass is 9.89.